The third kappa shape index (κ3) is 3.99. The van der Waals surface area contributed by atoms with Crippen LogP contribution in [0, 0.1) is 6.92 Å². The lowest BCUT2D eigenvalue weighted by molar-refractivity contribution is 0.652. The molecule has 0 saturated carbocycles. The standard InChI is InChI=1S/C18H23ClN2/c1-13-6-5-7-15(10-13)12-21(4)16-8-9-17(14(2)20-3)18(19)11-16/h5-11,14,20H,12H2,1-4H3. The van der Waals surface area contributed by atoms with Crippen molar-refractivity contribution >= 4 is 17.3 Å². The summed E-state index contributed by atoms with van der Waals surface area (Å²) in [6.45, 7) is 5.10. The van der Waals surface area contributed by atoms with Gasteiger partial charge in [0.2, 0.25) is 0 Å². The molecule has 0 saturated heterocycles. The number of anilines is 1. The van der Waals surface area contributed by atoms with Gasteiger partial charge in [0, 0.05) is 30.3 Å². The van der Waals surface area contributed by atoms with E-state index in [9.17, 15) is 0 Å². The maximum absolute atomic E-state index is 6.41. The summed E-state index contributed by atoms with van der Waals surface area (Å²) in [6, 6.07) is 15.1. The number of hydrogen-bond acceptors (Lipinski definition) is 2. The second kappa shape index (κ2) is 6.97. The van der Waals surface area contributed by atoms with E-state index in [1.54, 1.807) is 0 Å². The van der Waals surface area contributed by atoms with Crippen molar-refractivity contribution in [2.45, 2.75) is 26.4 Å². The summed E-state index contributed by atoms with van der Waals surface area (Å²) in [5.41, 5.74) is 4.86. The second-order valence-corrected chi connectivity index (χ2v) is 5.97. The van der Waals surface area contributed by atoms with Gasteiger partial charge in [0.15, 0.2) is 0 Å². The summed E-state index contributed by atoms with van der Waals surface area (Å²) >= 11 is 6.41. The van der Waals surface area contributed by atoms with Gasteiger partial charge in [0.1, 0.15) is 0 Å². The molecule has 1 N–H and O–H groups in total. The first kappa shape index (κ1) is 15.9. The Kier molecular flexibility index (Phi) is 5.27. The quantitative estimate of drug-likeness (QED) is 0.870. The molecule has 3 heteroatoms. The van der Waals surface area contributed by atoms with Crippen LogP contribution in [0.25, 0.3) is 0 Å². The third-order valence-corrected chi connectivity index (χ3v) is 4.15. The molecule has 2 aromatic carbocycles. The van der Waals surface area contributed by atoms with Gasteiger partial charge in [-0.2, -0.15) is 0 Å². The van der Waals surface area contributed by atoms with E-state index in [1.807, 2.05) is 13.1 Å². The van der Waals surface area contributed by atoms with Gasteiger partial charge in [-0.05, 0) is 44.2 Å². The summed E-state index contributed by atoms with van der Waals surface area (Å²) < 4.78 is 0. The average molecular weight is 303 g/mol. The predicted octanol–water partition coefficient (Wildman–Crippen LogP) is 4.57. The smallest absolute Gasteiger partial charge is 0.0474 e. The van der Waals surface area contributed by atoms with Crippen molar-refractivity contribution in [3.63, 3.8) is 0 Å². The lowest BCUT2D eigenvalue weighted by Crippen LogP contribution is -2.17. The van der Waals surface area contributed by atoms with E-state index < -0.39 is 0 Å². The largest absolute Gasteiger partial charge is 0.370 e. The minimum absolute atomic E-state index is 0.258. The first-order valence-corrected chi connectivity index (χ1v) is 7.62. The molecule has 0 heterocycles. The van der Waals surface area contributed by atoms with Crippen molar-refractivity contribution in [2.24, 2.45) is 0 Å². The van der Waals surface area contributed by atoms with Gasteiger partial charge in [0.05, 0.1) is 0 Å². The van der Waals surface area contributed by atoms with Crippen molar-refractivity contribution in [3.8, 4) is 0 Å². The van der Waals surface area contributed by atoms with Gasteiger partial charge in [-0.3, -0.25) is 0 Å². The molecule has 1 unspecified atom stereocenters. The highest BCUT2D eigenvalue weighted by molar-refractivity contribution is 6.31. The number of aryl methyl sites for hydroxylation is 1. The van der Waals surface area contributed by atoms with Crippen LogP contribution >= 0.6 is 11.6 Å². The van der Waals surface area contributed by atoms with Gasteiger partial charge >= 0.3 is 0 Å². The monoisotopic (exact) mass is 302 g/mol. The van der Waals surface area contributed by atoms with Gasteiger partial charge in [0.25, 0.3) is 0 Å². The van der Waals surface area contributed by atoms with Crippen LogP contribution in [0.15, 0.2) is 42.5 Å². The minimum Gasteiger partial charge on any atom is -0.370 e. The van der Waals surface area contributed by atoms with Crippen LogP contribution in [-0.2, 0) is 6.54 Å². The molecule has 0 radical (unpaired) electrons. The van der Waals surface area contributed by atoms with Crippen LogP contribution in [0.4, 0.5) is 5.69 Å². The Morgan fingerprint density at radius 3 is 2.57 bits per heavy atom. The Morgan fingerprint density at radius 2 is 1.95 bits per heavy atom. The summed E-state index contributed by atoms with van der Waals surface area (Å²) in [5, 5.41) is 4.03. The molecule has 2 rings (SSSR count). The average Bonchev–Trinajstić information content (AvgIpc) is 2.46. The summed E-state index contributed by atoms with van der Waals surface area (Å²) in [7, 11) is 4.04. The molecular weight excluding hydrogens is 280 g/mol. The summed E-state index contributed by atoms with van der Waals surface area (Å²) in [5.74, 6) is 0. The second-order valence-electron chi connectivity index (χ2n) is 5.56. The van der Waals surface area contributed by atoms with Crippen LogP contribution in [0.2, 0.25) is 5.02 Å². The number of hydrogen-bond donors (Lipinski definition) is 1. The lowest BCUT2D eigenvalue weighted by atomic mass is 10.1. The Bertz CT molecular complexity index is 610. The summed E-state index contributed by atoms with van der Waals surface area (Å²) in [6.07, 6.45) is 0. The molecule has 1 atom stereocenters. The van der Waals surface area contributed by atoms with E-state index in [-0.39, 0.29) is 6.04 Å². The van der Waals surface area contributed by atoms with Crippen molar-refractivity contribution in [1.29, 1.82) is 0 Å². The Morgan fingerprint density at radius 1 is 1.19 bits per heavy atom. The SMILES string of the molecule is CNC(C)c1ccc(N(C)Cc2cccc(C)c2)cc1Cl. The number of benzene rings is 2. The number of nitrogens with zero attached hydrogens (tertiary/aromatic N) is 1. The van der Waals surface area contributed by atoms with Crippen LogP contribution in [-0.4, -0.2) is 14.1 Å². The fourth-order valence-electron chi connectivity index (χ4n) is 2.44. The highest BCUT2D eigenvalue weighted by atomic mass is 35.5. The number of nitrogens with one attached hydrogen (secondary N) is 1. The molecule has 21 heavy (non-hydrogen) atoms. The molecule has 112 valence electrons. The summed E-state index contributed by atoms with van der Waals surface area (Å²) in [4.78, 5) is 2.22. The molecule has 0 amide bonds. The fraction of sp³-hybridized carbons (Fsp3) is 0.333. The maximum Gasteiger partial charge on any atom is 0.0474 e. The fourth-order valence-corrected chi connectivity index (χ4v) is 2.77. The predicted molar refractivity (Wildman–Crippen MR) is 92.2 cm³/mol. The lowest BCUT2D eigenvalue weighted by Gasteiger charge is -2.21. The van der Waals surface area contributed by atoms with Gasteiger partial charge in [-0.15, -0.1) is 0 Å². The van der Waals surface area contributed by atoms with Crippen LogP contribution in [0.3, 0.4) is 0 Å². The van der Waals surface area contributed by atoms with Gasteiger partial charge in [-0.25, -0.2) is 0 Å². The molecule has 2 aromatic rings. The maximum atomic E-state index is 6.41. The van der Waals surface area contributed by atoms with E-state index in [2.05, 4.69) is 67.5 Å². The zero-order chi connectivity index (χ0) is 15.4. The zero-order valence-electron chi connectivity index (χ0n) is 13.2. The van der Waals surface area contributed by atoms with E-state index in [0.717, 1.165) is 22.8 Å². The van der Waals surface area contributed by atoms with Crippen molar-refractivity contribution in [3.05, 3.63) is 64.2 Å². The number of rotatable bonds is 5. The zero-order valence-corrected chi connectivity index (χ0v) is 13.9. The third-order valence-electron chi connectivity index (χ3n) is 3.83. The van der Waals surface area contributed by atoms with Crippen LogP contribution in [0.5, 0.6) is 0 Å². The number of halogens is 1. The molecule has 2 nitrogen and oxygen atoms in total. The Labute approximate surface area is 132 Å². The molecule has 0 aliphatic carbocycles. The van der Waals surface area contributed by atoms with Crippen molar-refractivity contribution in [2.75, 3.05) is 19.0 Å². The van der Waals surface area contributed by atoms with E-state index in [4.69, 9.17) is 11.6 Å². The van der Waals surface area contributed by atoms with Gasteiger partial charge in [-0.1, -0.05) is 47.5 Å². The minimum atomic E-state index is 0.258. The van der Waals surface area contributed by atoms with Crippen LogP contribution < -0.4 is 10.2 Å². The highest BCUT2D eigenvalue weighted by Crippen LogP contribution is 2.28. The molecule has 0 aliphatic heterocycles. The van der Waals surface area contributed by atoms with Crippen molar-refractivity contribution < 1.29 is 0 Å². The molecule has 0 aromatic heterocycles. The van der Waals surface area contributed by atoms with E-state index >= 15 is 0 Å². The molecular formula is C18H23ClN2. The van der Waals surface area contributed by atoms with Gasteiger partial charge < -0.3 is 10.2 Å². The first-order chi connectivity index (χ1) is 10.0. The Balaban J connectivity index is 2.16. The molecule has 0 spiro atoms. The topological polar surface area (TPSA) is 15.3 Å². The molecule has 0 aliphatic rings. The normalized spacial score (nSPS) is 12.2. The van der Waals surface area contributed by atoms with Crippen molar-refractivity contribution in [1.82, 2.24) is 5.32 Å². The van der Waals surface area contributed by atoms with E-state index in [1.165, 1.54) is 11.1 Å². The highest BCUT2D eigenvalue weighted by Gasteiger charge is 2.10. The molecule has 0 bridgehead atoms. The first-order valence-electron chi connectivity index (χ1n) is 7.24. The van der Waals surface area contributed by atoms with E-state index in [0.29, 0.717) is 0 Å². The van der Waals surface area contributed by atoms with Crippen LogP contribution in [0.1, 0.15) is 29.7 Å². The Hall–Kier alpha value is -1.51. The molecule has 0 fully saturated rings.